The van der Waals surface area contributed by atoms with Gasteiger partial charge in [0.2, 0.25) is 0 Å². The molecule has 1 aliphatic heterocycles. The van der Waals surface area contributed by atoms with Gasteiger partial charge in [0, 0.05) is 15.6 Å². The number of hydrogen-bond donors (Lipinski definition) is 0. The quantitative estimate of drug-likeness (QED) is 0.537. The second-order valence-corrected chi connectivity index (χ2v) is 6.47. The molecule has 1 atom stereocenters. The highest BCUT2D eigenvalue weighted by atomic mass is 79.9. The van der Waals surface area contributed by atoms with E-state index in [1.54, 1.807) is 0 Å². The maximum Gasteiger partial charge on any atom is 0.149 e. The van der Waals surface area contributed by atoms with Crippen LogP contribution in [-0.2, 0) is 4.74 Å². The van der Waals surface area contributed by atoms with E-state index in [2.05, 4.69) is 82.7 Å². The van der Waals surface area contributed by atoms with Crippen LogP contribution in [0.4, 0.5) is 0 Å². The van der Waals surface area contributed by atoms with Crippen LogP contribution in [0.15, 0.2) is 83.3 Å². The molecule has 2 heteroatoms. The van der Waals surface area contributed by atoms with Gasteiger partial charge < -0.3 is 4.74 Å². The Kier molecular flexibility index (Phi) is 3.76. The van der Waals surface area contributed by atoms with Crippen LogP contribution in [0, 0.1) is 0 Å². The van der Waals surface area contributed by atoms with Gasteiger partial charge in [-0.2, -0.15) is 0 Å². The first-order valence-corrected chi connectivity index (χ1v) is 8.39. The summed E-state index contributed by atoms with van der Waals surface area (Å²) >= 11 is 3.50. The predicted molar refractivity (Wildman–Crippen MR) is 97.8 cm³/mol. The zero-order chi connectivity index (χ0) is 15.6. The van der Waals surface area contributed by atoms with Gasteiger partial charge in [-0.15, -0.1) is 0 Å². The molecule has 1 nitrogen and oxygen atoms in total. The topological polar surface area (TPSA) is 9.23 Å². The van der Waals surface area contributed by atoms with E-state index in [9.17, 15) is 0 Å². The van der Waals surface area contributed by atoms with E-state index in [0.717, 1.165) is 21.4 Å². The Morgan fingerprint density at radius 1 is 0.739 bits per heavy atom. The highest BCUT2D eigenvalue weighted by Gasteiger charge is 2.24. The molecule has 1 heterocycles. The van der Waals surface area contributed by atoms with Crippen molar-refractivity contribution in [2.75, 3.05) is 0 Å². The minimum Gasteiger partial charge on any atom is -0.480 e. The zero-order valence-corrected chi connectivity index (χ0v) is 14.0. The summed E-state index contributed by atoms with van der Waals surface area (Å²) in [6.07, 6.45) is 2.04. The molecule has 0 amide bonds. The fraction of sp³-hybridized carbons (Fsp3) is 0.0476. The lowest BCUT2D eigenvalue weighted by Crippen LogP contribution is -2.11. The van der Waals surface area contributed by atoms with Crippen molar-refractivity contribution in [1.82, 2.24) is 0 Å². The maximum absolute atomic E-state index is 6.37. The third kappa shape index (κ3) is 2.82. The molecule has 0 saturated carbocycles. The van der Waals surface area contributed by atoms with Crippen molar-refractivity contribution in [3.63, 3.8) is 0 Å². The van der Waals surface area contributed by atoms with Crippen molar-refractivity contribution >= 4 is 27.8 Å². The van der Waals surface area contributed by atoms with Crippen LogP contribution in [0.1, 0.15) is 28.4 Å². The molecule has 0 bridgehead atoms. The molecule has 112 valence electrons. The molecule has 0 N–H and O–H groups in total. The first-order valence-electron chi connectivity index (χ1n) is 7.59. The number of benzene rings is 3. The first kappa shape index (κ1) is 14.3. The predicted octanol–water partition coefficient (Wildman–Crippen LogP) is 6.07. The Hall–Kier alpha value is -2.32. The van der Waals surface area contributed by atoms with Crippen LogP contribution < -0.4 is 0 Å². The molecule has 0 fully saturated rings. The smallest absolute Gasteiger partial charge is 0.149 e. The molecule has 0 saturated heterocycles. The monoisotopic (exact) mass is 362 g/mol. The second kappa shape index (κ2) is 6.05. The van der Waals surface area contributed by atoms with Gasteiger partial charge in [0.05, 0.1) is 0 Å². The minimum atomic E-state index is -0.0838. The van der Waals surface area contributed by atoms with E-state index in [0.29, 0.717) is 0 Å². The fourth-order valence-electron chi connectivity index (χ4n) is 2.89. The molecule has 0 spiro atoms. The van der Waals surface area contributed by atoms with Crippen molar-refractivity contribution in [3.8, 4) is 0 Å². The SMILES string of the molecule is Brc1ccc([C@@H]2OC(c3ccccc3)=Cc3ccccc32)cc1. The molecule has 1 aliphatic rings. The highest BCUT2D eigenvalue weighted by Crippen LogP contribution is 2.39. The molecular weight excluding hydrogens is 348 g/mol. The molecule has 3 aromatic carbocycles. The van der Waals surface area contributed by atoms with E-state index in [-0.39, 0.29) is 6.10 Å². The Balaban J connectivity index is 1.82. The van der Waals surface area contributed by atoms with Gasteiger partial charge in [-0.1, -0.05) is 82.7 Å². The van der Waals surface area contributed by atoms with Gasteiger partial charge in [0.25, 0.3) is 0 Å². The molecule has 0 aliphatic carbocycles. The van der Waals surface area contributed by atoms with Crippen molar-refractivity contribution in [1.29, 1.82) is 0 Å². The van der Waals surface area contributed by atoms with Gasteiger partial charge in [0.15, 0.2) is 0 Å². The first-order chi connectivity index (χ1) is 11.3. The lowest BCUT2D eigenvalue weighted by Gasteiger charge is -2.27. The number of fused-ring (bicyclic) bond motifs is 1. The van der Waals surface area contributed by atoms with Crippen LogP contribution in [-0.4, -0.2) is 0 Å². The third-order valence-electron chi connectivity index (χ3n) is 4.04. The van der Waals surface area contributed by atoms with Crippen LogP contribution in [0.5, 0.6) is 0 Å². The Bertz CT molecular complexity index is 851. The lowest BCUT2D eigenvalue weighted by atomic mass is 9.93. The minimum absolute atomic E-state index is 0.0838. The van der Waals surface area contributed by atoms with Crippen molar-refractivity contribution in [2.24, 2.45) is 0 Å². The van der Waals surface area contributed by atoms with Crippen LogP contribution in [0.2, 0.25) is 0 Å². The molecule has 0 aromatic heterocycles. The number of ether oxygens (including phenoxy) is 1. The normalized spacial score (nSPS) is 16.2. The summed E-state index contributed by atoms with van der Waals surface area (Å²) < 4.78 is 7.44. The molecule has 3 aromatic rings. The van der Waals surface area contributed by atoms with Crippen LogP contribution >= 0.6 is 15.9 Å². The Morgan fingerprint density at radius 2 is 1.43 bits per heavy atom. The van der Waals surface area contributed by atoms with E-state index in [4.69, 9.17) is 4.74 Å². The lowest BCUT2D eigenvalue weighted by molar-refractivity contribution is 0.206. The maximum atomic E-state index is 6.37. The fourth-order valence-corrected chi connectivity index (χ4v) is 3.15. The summed E-state index contributed by atoms with van der Waals surface area (Å²) in [5.41, 5.74) is 4.67. The van der Waals surface area contributed by atoms with Crippen molar-refractivity contribution in [3.05, 3.63) is 106 Å². The van der Waals surface area contributed by atoms with E-state index < -0.39 is 0 Å². The molecule has 0 radical (unpaired) electrons. The third-order valence-corrected chi connectivity index (χ3v) is 4.57. The van der Waals surface area contributed by atoms with Crippen molar-refractivity contribution in [2.45, 2.75) is 6.10 Å². The van der Waals surface area contributed by atoms with Crippen molar-refractivity contribution < 1.29 is 4.74 Å². The summed E-state index contributed by atoms with van der Waals surface area (Å²) in [5.74, 6) is 0.914. The molecule has 23 heavy (non-hydrogen) atoms. The van der Waals surface area contributed by atoms with Crippen LogP contribution in [0.3, 0.4) is 0 Å². The summed E-state index contributed by atoms with van der Waals surface area (Å²) in [5, 5.41) is 0. The average Bonchev–Trinajstić information content (AvgIpc) is 2.62. The zero-order valence-electron chi connectivity index (χ0n) is 12.4. The Labute approximate surface area is 144 Å². The van der Waals surface area contributed by atoms with Gasteiger partial charge in [0.1, 0.15) is 11.9 Å². The van der Waals surface area contributed by atoms with Gasteiger partial charge in [-0.3, -0.25) is 0 Å². The molecular formula is C21H15BrO. The average molecular weight is 363 g/mol. The number of rotatable bonds is 2. The summed E-state index contributed by atoms with van der Waals surface area (Å²) in [4.78, 5) is 0. The Morgan fingerprint density at radius 3 is 2.22 bits per heavy atom. The summed E-state index contributed by atoms with van der Waals surface area (Å²) in [7, 11) is 0. The standard InChI is InChI=1S/C21H15BrO/c22-18-12-10-16(11-13-18)21-19-9-5-4-8-17(19)14-20(23-21)15-6-2-1-3-7-15/h1-14,21H/t21-/m0/s1. The second-order valence-electron chi connectivity index (χ2n) is 5.55. The van der Waals surface area contributed by atoms with Gasteiger partial charge in [-0.25, -0.2) is 0 Å². The van der Waals surface area contributed by atoms with Crippen LogP contribution in [0.25, 0.3) is 11.8 Å². The number of hydrogen-bond acceptors (Lipinski definition) is 1. The van der Waals surface area contributed by atoms with Gasteiger partial charge >= 0.3 is 0 Å². The van der Waals surface area contributed by atoms with E-state index >= 15 is 0 Å². The largest absolute Gasteiger partial charge is 0.480 e. The summed E-state index contributed by atoms with van der Waals surface area (Å²) in [6.45, 7) is 0. The number of halogens is 1. The molecule has 4 rings (SSSR count). The molecule has 0 unspecified atom stereocenters. The van der Waals surface area contributed by atoms with Gasteiger partial charge in [-0.05, 0) is 29.3 Å². The van der Waals surface area contributed by atoms with E-state index in [1.807, 2.05) is 18.2 Å². The highest BCUT2D eigenvalue weighted by molar-refractivity contribution is 9.10. The van der Waals surface area contributed by atoms with E-state index in [1.165, 1.54) is 11.1 Å². The summed E-state index contributed by atoms with van der Waals surface area (Å²) in [6, 6.07) is 27.0.